The van der Waals surface area contributed by atoms with Crippen LogP contribution in [0.3, 0.4) is 0 Å². The minimum absolute atomic E-state index is 0.281. The van der Waals surface area contributed by atoms with Crippen LogP contribution in [0.1, 0.15) is 42.9 Å². The SMILES string of the molecule is CC1=C2c3c(ccc(C4=C(CCCO)C=CC4)c3[Si]2(C)C)[CH]1. The molecule has 0 bridgehead atoms. The highest BCUT2D eigenvalue weighted by Crippen LogP contribution is 2.49. The Hall–Kier alpha value is -1.38. The van der Waals surface area contributed by atoms with E-state index >= 15 is 0 Å². The predicted molar refractivity (Wildman–Crippen MR) is 96.6 cm³/mol. The standard InChI is InChI=1S/C20H23OSi/c1-13-12-15-9-10-17(20-18(15)19(13)22(20,2)3)16-8-4-6-14(16)7-5-11-21/h4,6,9-10,12,21H,5,7-8,11H2,1-3H3. The monoisotopic (exact) mass is 307 g/mol. The fourth-order valence-electron chi connectivity index (χ4n) is 4.62. The molecule has 1 aromatic rings. The van der Waals surface area contributed by atoms with Crippen molar-refractivity contribution in [1.29, 1.82) is 0 Å². The first kappa shape index (κ1) is 14.2. The molecule has 22 heavy (non-hydrogen) atoms. The lowest BCUT2D eigenvalue weighted by Crippen LogP contribution is -2.56. The number of aliphatic hydroxyl groups is 1. The van der Waals surface area contributed by atoms with E-state index in [1.54, 1.807) is 15.9 Å². The van der Waals surface area contributed by atoms with Gasteiger partial charge in [0.15, 0.2) is 0 Å². The fraction of sp³-hybridized carbons (Fsp3) is 0.350. The Morgan fingerprint density at radius 3 is 2.82 bits per heavy atom. The summed E-state index contributed by atoms with van der Waals surface area (Å²) in [6.45, 7) is 7.55. The van der Waals surface area contributed by atoms with E-state index in [0.717, 1.165) is 19.3 Å². The number of hydrogen-bond acceptors (Lipinski definition) is 1. The van der Waals surface area contributed by atoms with E-state index < -0.39 is 8.07 Å². The molecule has 4 rings (SSSR count). The molecule has 1 aliphatic heterocycles. The number of allylic oxidation sites excluding steroid dienone is 5. The van der Waals surface area contributed by atoms with E-state index in [-0.39, 0.29) is 6.61 Å². The topological polar surface area (TPSA) is 20.2 Å². The maximum atomic E-state index is 9.13. The summed E-state index contributed by atoms with van der Waals surface area (Å²) in [7, 11) is -1.45. The molecule has 2 heteroatoms. The maximum Gasteiger partial charge on any atom is 0.114 e. The molecule has 0 spiro atoms. The average molecular weight is 307 g/mol. The summed E-state index contributed by atoms with van der Waals surface area (Å²) in [5.41, 5.74) is 8.94. The number of benzene rings is 1. The lowest BCUT2D eigenvalue weighted by atomic mass is 9.95. The zero-order valence-corrected chi connectivity index (χ0v) is 14.7. The van der Waals surface area contributed by atoms with Crippen LogP contribution < -0.4 is 5.19 Å². The second-order valence-electron chi connectivity index (χ2n) is 7.22. The van der Waals surface area contributed by atoms with Crippen LogP contribution in [0.15, 0.2) is 35.4 Å². The molecule has 113 valence electrons. The average Bonchev–Trinajstić information content (AvgIpc) is 3.05. The van der Waals surface area contributed by atoms with Crippen LogP contribution in [0.25, 0.3) is 10.8 Å². The highest BCUT2D eigenvalue weighted by molar-refractivity contribution is 7.11. The first-order valence-corrected chi connectivity index (χ1v) is 11.3. The summed E-state index contributed by atoms with van der Waals surface area (Å²) in [6, 6.07) is 4.67. The van der Waals surface area contributed by atoms with E-state index in [9.17, 15) is 0 Å². The van der Waals surface area contributed by atoms with Gasteiger partial charge in [-0.3, -0.25) is 0 Å². The van der Waals surface area contributed by atoms with Gasteiger partial charge in [-0.05, 0) is 64.4 Å². The Bertz CT molecular complexity index is 762. The van der Waals surface area contributed by atoms with Gasteiger partial charge in [0.2, 0.25) is 0 Å². The van der Waals surface area contributed by atoms with E-state index in [1.807, 2.05) is 0 Å². The summed E-state index contributed by atoms with van der Waals surface area (Å²) in [5, 5.41) is 12.5. The molecule has 1 N–H and O–H groups in total. The van der Waals surface area contributed by atoms with E-state index in [4.69, 9.17) is 5.11 Å². The van der Waals surface area contributed by atoms with Gasteiger partial charge in [0.25, 0.3) is 0 Å². The van der Waals surface area contributed by atoms with Crippen molar-refractivity contribution < 1.29 is 5.11 Å². The van der Waals surface area contributed by atoms with Crippen LogP contribution in [-0.2, 0) is 0 Å². The molecule has 2 aliphatic carbocycles. The summed E-state index contributed by atoms with van der Waals surface area (Å²) < 4.78 is 0. The Labute approximate surface area is 134 Å². The van der Waals surface area contributed by atoms with Crippen LogP contribution in [0.2, 0.25) is 13.1 Å². The molecule has 1 nitrogen and oxygen atoms in total. The van der Waals surface area contributed by atoms with Gasteiger partial charge < -0.3 is 5.11 Å². The smallest absolute Gasteiger partial charge is 0.114 e. The third kappa shape index (κ3) is 1.74. The van der Waals surface area contributed by atoms with Gasteiger partial charge in [-0.15, -0.1) is 0 Å². The molecule has 0 unspecified atom stereocenters. The summed E-state index contributed by atoms with van der Waals surface area (Å²) in [6.07, 6.45) is 9.83. The zero-order chi connectivity index (χ0) is 15.5. The maximum absolute atomic E-state index is 9.13. The van der Waals surface area contributed by atoms with Gasteiger partial charge >= 0.3 is 0 Å². The quantitative estimate of drug-likeness (QED) is 0.834. The second-order valence-corrected chi connectivity index (χ2v) is 11.5. The van der Waals surface area contributed by atoms with Crippen LogP contribution in [0, 0.1) is 6.42 Å². The van der Waals surface area contributed by atoms with Gasteiger partial charge in [-0.25, -0.2) is 0 Å². The molecular weight excluding hydrogens is 284 g/mol. The molecule has 1 radical (unpaired) electrons. The van der Waals surface area contributed by atoms with Crippen LogP contribution >= 0.6 is 0 Å². The third-order valence-corrected chi connectivity index (χ3v) is 9.13. The van der Waals surface area contributed by atoms with Crippen molar-refractivity contribution in [2.75, 3.05) is 6.61 Å². The van der Waals surface area contributed by atoms with Crippen LogP contribution in [0.4, 0.5) is 0 Å². The molecule has 0 aromatic heterocycles. The molecule has 1 heterocycles. The summed E-state index contributed by atoms with van der Waals surface area (Å²) in [4.78, 5) is 0. The molecular formula is C20H23OSi. The Morgan fingerprint density at radius 1 is 1.23 bits per heavy atom. The second kappa shape index (κ2) is 4.80. The normalized spacial score (nSPS) is 20.7. The first-order valence-electron chi connectivity index (χ1n) is 8.29. The molecule has 1 aromatic carbocycles. The lowest BCUT2D eigenvalue weighted by molar-refractivity contribution is 0.289. The predicted octanol–water partition coefficient (Wildman–Crippen LogP) is 3.98. The minimum atomic E-state index is -1.45. The Balaban J connectivity index is 1.86. The molecule has 0 fully saturated rings. The lowest BCUT2D eigenvalue weighted by Gasteiger charge is -2.41. The van der Waals surface area contributed by atoms with Gasteiger partial charge in [0.1, 0.15) is 8.07 Å². The molecule has 0 saturated carbocycles. The van der Waals surface area contributed by atoms with Gasteiger partial charge in [0.05, 0.1) is 0 Å². The Morgan fingerprint density at radius 2 is 2.05 bits per heavy atom. The van der Waals surface area contributed by atoms with E-state index in [2.05, 4.69) is 50.7 Å². The van der Waals surface area contributed by atoms with Crippen LogP contribution in [0.5, 0.6) is 0 Å². The molecule has 0 amide bonds. The third-order valence-electron chi connectivity index (χ3n) is 5.46. The number of rotatable bonds is 4. The van der Waals surface area contributed by atoms with E-state index in [1.165, 1.54) is 27.8 Å². The highest BCUT2D eigenvalue weighted by Gasteiger charge is 2.48. The van der Waals surface area contributed by atoms with Crippen molar-refractivity contribution in [1.82, 2.24) is 0 Å². The highest BCUT2D eigenvalue weighted by atomic mass is 28.3. The molecule has 3 aliphatic rings. The molecule has 0 saturated heterocycles. The van der Waals surface area contributed by atoms with E-state index in [0.29, 0.717) is 0 Å². The van der Waals surface area contributed by atoms with Gasteiger partial charge in [-0.2, -0.15) is 0 Å². The van der Waals surface area contributed by atoms with Crippen LogP contribution in [-0.4, -0.2) is 19.8 Å². The van der Waals surface area contributed by atoms with Crippen molar-refractivity contribution in [2.24, 2.45) is 0 Å². The first-order chi connectivity index (χ1) is 10.6. The minimum Gasteiger partial charge on any atom is -0.396 e. The van der Waals surface area contributed by atoms with Crippen molar-refractivity contribution in [3.63, 3.8) is 0 Å². The number of aliphatic hydroxyl groups excluding tert-OH is 1. The van der Waals surface area contributed by atoms with Crippen molar-refractivity contribution >= 4 is 24.0 Å². The van der Waals surface area contributed by atoms with Crippen molar-refractivity contribution in [2.45, 2.75) is 39.3 Å². The van der Waals surface area contributed by atoms with Gasteiger partial charge in [-0.1, -0.05) is 43.0 Å². The van der Waals surface area contributed by atoms with Crippen molar-refractivity contribution in [3.05, 3.63) is 58.5 Å². The zero-order valence-electron chi connectivity index (χ0n) is 13.7. The summed E-state index contributed by atoms with van der Waals surface area (Å²) in [5.74, 6) is 0. The fourth-order valence-corrected chi connectivity index (χ4v) is 8.43. The number of hydrogen-bond donors (Lipinski definition) is 1. The van der Waals surface area contributed by atoms with Gasteiger partial charge in [0, 0.05) is 13.0 Å². The molecule has 0 atom stereocenters. The van der Waals surface area contributed by atoms with Crippen molar-refractivity contribution in [3.8, 4) is 0 Å². The summed E-state index contributed by atoms with van der Waals surface area (Å²) >= 11 is 0. The largest absolute Gasteiger partial charge is 0.396 e. The Kier molecular flexibility index (Phi) is 3.11.